The molecule has 2 aromatic carbocycles. The van der Waals surface area contributed by atoms with Crippen LogP contribution in [0.5, 0.6) is 11.5 Å². The molecule has 1 heterocycles. The van der Waals surface area contributed by atoms with Crippen LogP contribution in [-0.2, 0) is 6.18 Å². The van der Waals surface area contributed by atoms with Gasteiger partial charge in [-0.15, -0.1) is 0 Å². The molecule has 0 saturated heterocycles. The molecule has 0 radical (unpaired) electrons. The molecule has 1 aromatic heterocycles. The maximum absolute atomic E-state index is 14.9. The Morgan fingerprint density at radius 1 is 1.12 bits per heavy atom. The van der Waals surface area contributed by atoms with Gasteiger partial charge in [-0.2, -0.15) is 13.2 Å². The zero-order valence-corrected chi connectivity index (χ0v) is 18.1. The zero-order valence-electron chi connectivity index (χ0n) is 16.6. The van der Waals surface area contributed by atoms with E-state index in [2.05, 4.69) is 10.3 Å². The number of hydrogen-bond acceptors (Lipinski definition) is 4. The first-order chi connectivity index (χ1) is 15.4. The fraction of sp³-hybridized carbons (Fsp3) is 0.0952. The van der Waals surface area contributed by atoms with Gasteiger partial charge in [0.1, 0.15) is 22.8 Å². The summed E-state index contributed by atoms with van der Waals surface area (Å²) in [4.78, 5) is 27.6. The molecule has 172 valence electrons. The van der Waals surface area contributed by atoms with E-state index >= 15 is 0 Å². The third-order valence-electron chi connectivity index (χ3n) is 4.32. The topological polar surface area (TPSA) is 94.3 Å². The third kappa shape index (κ3) is 5.35. The lowest BCUT2D eigenvalue weighted by atomic mass is 10.1. The van der Waals surface area contributed by atoms with Gasteiger partial charge in [0.2, 0.25) is 0 Å². The zero-order chi connectivity index (χ0) is 24.5. The molecule has 0 unspecified atom stereocenters. The third-order valence-corrected chi connectivity index (χ3v) is 4.82. The Morgan fingerprint density at radius 2 is 1.82 bits per heavy atom. The molecule has 0 saturated carbocycles. The number of carbonyl (C=O) groups is 2. The van der Waals surface area contributed by atoms with Crippen LogP contribution in [0.2, 0.25) is 10.0 Å². The minimum absolute atomic E-state index is 0.00194. The summed E-state index contributed by atoms with van der Waals surface area (Å²) in [5, 5.41) is 2.48. The van der Waals surface area contributed by atoms with Gasteiger partial charge >= 0.3 is 6.18 Å². The molecule has 33 heavy (non-hydrogen) atoms. The monoisotopic (exact) mass is 501 g/mol. The van der Waals surface area contributed by atoms with Crippen molar-refractivity contribution in [3.63, 3.8) is 0 Å². The summed E-state index contributed by atoms with van der Waals surface area (Å²) in [7, 11) is 0. The van der Waals surface area contributed by atoms with Gasteiger partial charge in [0.25, 0.3) is 11.8 Å². The SMILES string of the molecule is Cc1cc(Cl)cc(Cl)c1Oc1ccc(C(F)(F)F)c(F)c1C(=O)Nc1ccc(C(N)=O)nc1. The summed E-state index contributed by atoms with van der Waals surface area (Å²) < 4.78 is 60.3. The number of pyridine rings is 1. The van der Waals surface area contributed by atoms with Crippen LogP contribution >= 0.6 is 23.2 Å². The highest BCUT2D eigenvalue weighted by molar-refractivity contribution is 6.35. The lowest BCUT2D eigenvalue weighted by molar-refractivity contribution is -0.140. The number of carbonyl (C=O) groups excluding carboxylic acids is 2. The minimum Gasteiger partial charge on any atom is -0.455 e. The van der Waals surface area contributed by atoms with E-state index in [0.29, 0.717) is 11.6 Å². The number of benzene rings is 2. The maximum atomic E-state index is 14.9. The minimum atomic E-state index is -5.07. The quantitative estimate of drug-likeness (QED) is 0.419. The van der Waals surface area contributed by atoms with E-state index in [1.165, 1.54) is 24.3 Å². The number of nitrogens with two attached hydrogens (primary N) is 1. The predicted molar refractivity (Wildman–Crippen MR) is 113 cm³/mol. The standard InChI is InChI=1S/C21H13Cl2F4N3O3/c1-9-6-10(22)7-13(23)18(9)33-15-5-3-12(21(25,26)27)17(24)16(15)20(32)30-11-2-4-14(19(28)31)29-8-11/h2-8H,1H3,(H2,28,31)(H,30,32). The molecule has 0 bridgehead atoms. The van der Waals surface area contributed by atoms with Crippen molar-refractivity contribution in [1.29, 1.82) is 0 Å². The summed E-state index contributed by atoms with van der Waals surface area (Å²) in [6.07, 6.45) is -4.04. The van der Waals surface area contributed by atoms with Crippen molar-refractivity contribution >= 4 is 40.7 Å². The van der Waals surface area contributed by atoms with Crippen LogP contribution in [0.15, 0.2) is 42.6 Å². The van der Waals surface area contributed by atoms with Gasteiger partial charge in [-0.3, -0.25) is 9.59 Å². The number of nitrogens with one attached hydrogen (secondary N) is 1. The number of aryl methyl sites for hydroxylation is 1. The Kier molecular flexibility index (Phi) is 6.80. The van der Waals surface area contributed by atoms with Crippen molar-refractivity contribution in [3.05, 3.63) is 80.8 Å². The van der Waals surface area contributed by atoms with Crippen molar-refractivity contribution < 1.29 is 31.9 Å². The molecule has 0 aliphatic heterocycles. The van der Waals surface area contributed by atoms with Crippen LogP contribution in [0.3, 0.4) is 0 Å². The molecular weight excluding hydrogens is 489 g/mol. The average Bonchev–Trinajstić information content (AvgIpc) is 2.70. The Bertz CT molecular complexity index is 1230. The average molecular weight is 502 g/mol. The van der Waals surface area contributed by atoms with E-state index < -0.39 is 40.7 Å². The largest absolute Gasteiger partial charge is 0.455 e. The second-order valence-electron chi connectivity index (χ2n) is 6.68. The summed E-state index contributed by atoms with van der Waals surface area (Å²) >= 11 is 12.0. The number of rotatable bonds is 5. The highest BCUT2D eigenvalue weighted by Crippen LogP contribution is 2.40. The van der Waals surface area contributed by atoms with Gasteiger partial charge in [-0.05, 0) is 48.9 Å². The molecule has 3 N–H and O–H groups in total. The van der Waals surface area contributed by atoms with E-state index in [1.54, 1.807) is 6.92 Å². The highest BCUT2D eigenvalue weighted by atomic mass is 35.5. The molecular formula is C21H13Cl2F4N3O3. The molecule has 12 heteroatoms. The molecule has 0 atom stereocenters. The van der Waals surface area contributed by atoms with Gasteiger partial charge in [-0.1, -0.05) is 23.2 Å². The fourth-order valence-corrected chi connectivity index (χ4v) is 3.44. The van der Waals surface area contributed by atoms with Crippen LogP contribution in [0.4, 0.5) is 23.2 Å². The number of nitrogens with zero attached hydrogens (tertiary/aromatic N) is 1. The Labute approximate surface area is 194 Å². The molecule has 2 amide bonds. The van der Waals surface area contributed by atoms with Crippen molar-refractivity contribution in [2.24, 2.45) is 5.73 Å². The van der Waals surface area contributed by atoms with Gasteiger partial charge < -0.3 is 15.8 Å². The summed E-state index contributed by atoms with van der Waals surface area (Å²) in [6, 6.07) is 6.43. The molecule has 3 aromatic rings. The molecule has 0 aliphatic rings. The number of aromatic nitrogens is 1. The van der Waals surface area contributed by atoms with Crippen molar-refractivity contribution in [1.82, 2.24) is 4.98 Å². The number of amides is 2. The molecule has 6 nitrogen and oxygen atoms in total. The van der Waals surface area contributed by atoms with Crippen molar-refractivity contribution in [2.75, 3.05) is 5.32 Å². The molecule has 0 spiro atoms. The van der Waals surface area contributed by atoms with Crippen LogP contribution in [0.25, 0.3) is 0 Å². The number of halogens is 6. The predicted octanol–water partition coefficient (Wildman–Crippen LogP) is 6.00. The van der Waals surface area contributed by atoms with E-state index in [-0.39, 0.29) is 27.2 Å². The molecule has 0 aliphatic carbocycles. The number of anilines is 1. The summed E-state index contributed by atoms with van der Waals surface area (Å²) in [5.74, 6) is -4.48. The molecule has 0 fully saturated rings. The second kappa shape index (κ2) is 9.24. The van der Waals surface area contributed by atoms with E-state index in [0.717, 1.165) is 12.3 Å². The summed E-state index contributed by atoms with van der Waals surface area (Å²) in [6.45, 7) is 1.55. The van der Waals surface area contributed by atoms with Crippen LogP contribution in [0, 0.1) is 12.7 Å². The van der Waals surface area contributed by atoms with E-state index in [4.69, 9.17) is 33.7 Å². The Morgan fingerprint density at radius 3 is 2.36 bits per heavy atom. The number of primary amides is 1. The number of alkyl halides is 3. The Balaban J connectivity index is 2.07. The fourth-order valence-electron chi connectivity index (χ4n) is 2.81. The van der Waals surface area contributed by atoms with Crippen LogP contribution < -0.4 is 15.8 Å². The van der Waals surface area contributed by atoms with Gasteiger partial charge in [0.15, 0.2) is 5.82 Å². The molecule has 3 rings (SSSR count). The van der Waals surface area contributed by atoms with Crippen molar-refractivity contribution in [2.45, 2.75) is 13.1 Å². The summed E-state index contributed by atoms with van der Waals surface area (Å²) in [5.41, 5.74) is 2.64. The lowest BCUT2D eigenvalue weighted by Crippen LogP contribution is -2.19. The smallest absolute Gasteiger partial charge is 0.419 e. The van der Waals surface area contributed by atoms with Crippen LogP contribution in [-0.4, -0.2) is 16.8 Å². The van der Waals surface area contributed by atoms with Crippen LogP contribution in [0.1, 0.15) is 32.0 Å². The Hall–Kier alpha value is -3.37. The first-order valence-corrected chi connectivity index (χ1v) is 9.74. The van der Waals surface area contributed by atoms with Crippen molar-refractivity contribution in [3.8, 4) is 11.5 Å². The number of hydrogen-bond donors (Lipinski definition) is 2. The second-order valence-corrected chi connectivity index (χ2v) is 7.53. The van der Waals surface area contributed by atoms with Gasteiger partial charge in [0.05, 0.1) is 22.5 Å². The van der Waals surface area contributed by atoms with Gasteiger partial charge in [-0.25, -0.2) is 9.37 Å². The van der Waals surface area contributed by atoms with E-state index in [1.807, 2.05) is 0 Å². The highest BCUT2D eigenvalue weighted by Gasteiger charge is 2.37. The number of ether oxygens (including phenoxy) is 1. The first kappa shape index (κ1) is 24.3. The van der Waals surface area contributed by atoms with E-state index in [9.17, 15) is 27.2 Å². The maximum Gasteiger partial charge on any atom is 0.419 e. The lowest BCUT2D eigenvalue weighted by Gasteiger charge is -2.17. The normalized spacial score (nSPS) is 11.2. The first-order valence-electron chi connectivity index (χ1n) is 8.99. The van der Waals surface area contributed by atoms with Gasteiger partial charge in [0, 0.05) is 5.02 Å².